The maximum atomic E-state index is 14.9. The Hall–Kier alpha value is -3.89. The van der Waals surface area contributed by atoms with E-state index in [1.54, 1.807) is 0 Å². The smallest absolute Gasteiger partial charge is 0.492 e. The van der Waals surface area contributed by atoms with Gasteiger partial charge in [-0.2, -0.15) is 0 Å². The van der Waals surface area contributed by atoms with Crippen molar-refractivity contribution in [2.75, 3.05) is 19.7 Å². The normalized spacial score (nSPS) is 19.3. The van der Waals surface area contributed by atoms with Crippen molar-refractivity contribution >= 4 is 24.6 Å². The number of hydrogen-bond acceptors (Lipinski definition) is 6. The van der Waals surface area contributed by atoms with Crippen LogP contribution < -0.4 is 15.5 Å². The molecule has 10 heteroatoms. The van der Waals surface area contributed by atoms with Gasteiger partial charge >= 0.3 is 13.2 Å². The average Bonchev–Trinajstić information content (AvgIpc) is 3.46. The van der Waals surface area contributed by atoms with Crippen molar-refractivity contribution in [2.45, 2.75) is 90.1 Å². The highest BCUT2D eigenvalue weighted by Gasteiger charge is 2.52. The summed E-state index contributed by atoms with van der Waals surface area (Å²) in [6.45, 7) is 15.4. The first-order valence-electron chi connectivity index (χ1n) is 16.3. The number of fused-ring (bicyclic) bond motifs is 2. The summed E-state index contributed by atoms with van der Waals surface area (Å²) >= 11 is 0. The summed E-state index contributed by atoms with van der Waals surface area (Å²) in [7, 11) is -0.693. The molecule has 0 bridgehead atoms. The first-order valence-corrected chi connectivity index (χ1v) is 16.3. The molecule has 1 spiro atoms. The maximum absolute atomic E-state index is 14.9. The molecule has 0 radical (unpaired) electrons. The Bertz CT molecular complexity index is 1680. The second-order valence-corrected chi connectivity index (χ2v) is 15.0. The molecule has 2 amide bonds. The Morgan fingerprint density at radius 3 is 2.32 bits per heavy atom. The zero-order valence-corrected chi connectivity index (χ0v) is 28.4. The molecule has 248 valence electrons. The van der Waals surface area contributed by atoms with Crippen LogP contribution in [0.2, 0.25) is 0 Å². The number of halogens is 1. The molecule has 2 saturated heterocycles. The van der Waals surface area contributed by atoms with E-state index in [0.29, 0.717) is 42.8 Å². The van der Waals surface area contributed by atoms with Crippen LogP contribution >= 0.6 is 0 Å². The Morgan fingerprint density at radius 1 is 0.936 bits per heavy atom. The number of amides is 2. The van der Waals surface area contributed by atoms with Gasteiger partial charge in [-0.3, -0.25) is 4.79 Å². The predicted molar refractivity (Wildman–Crippen MR) is 179 cm³/mol. The van der Waals surface area contributed by atoms with Crippen molar-refractivity contribution in [3.05, 3.63) is 83.2 Å². The lowest BCUT2D eigenvalue weighted by Gasteiger charge is -2.38. The van der Waals surface area contributed by atoms with Crippen molar-refractivity contribution in [3.63, 3.8) is 0 Å². The van der Waals surface area contributed by atoms with Crippen LogP contribution in [0.15, 0.2) is 60.7 Å². The van der Waals surface area contributed by atoms with Crippen molar-refractivity contribution in [2.24, 2.45) is 0 Å². The van der Waals surface area contributed by atoms with E-state index in [4.69, 9.17) is 18.8 Å². The molecule has 0 aliphatic carbocycles. The number of nitrogens with one attached hydrogen (secondary N) is 1. The molecule has 0 saturated carbocycles. The fourth-order valence-electron chi connectivity index (χ4n) is 6.47. The number of likely N-dealkylation sites (tertiary alicyclic amines) is 1. The van der Waals surface area contributed by atoms with Gasteiger partial charge in [-0.25, -0.2) is 9.18 Å². The summed E-state index contributed by atoms with van der Waals surface area (Å²) in [6, 6.07) is 18.2. The van der Waals surface area contributed by atoms with Crippen molar-refractivity contribution in [3.8, 4) is 16.9 Å². The highest BCUT2D eigenvalue weighted by molar-refractivity contribution is 6.62. The van der Waals surface area contributed by atoms with Crippen LogP contribution in [0.4, 0.5) is 9.18 Å². The van der Waals surface area contributed by atoms with E-state index in [9.17, 15) is 14.0 Å². The molecule has 0 aromatic heterocycles. The summed E-state index contributed by atoms with van der Waals surface area (Å²) in [5.41, 5.74) is 2.79. The monoisotopic (exact) mass is 642 g/mol. The molecule has 3 aromatic rings. The van der Waals surface area contributed by atoms with E-state index in [-0.39, 0.29) is 11.3 Å². The highest BCUT2D eigenvalue weighted by Crippen LogP contribution is 2.46. The second-order valence-electron chi connectivity index (χ2n) is 15.0. The third-order valence-electron chi connectivity index (χ3n) is 9.85. The number of carbonyl (C=O) groups excluding carboxylic acids is 2. The lowest BCUT2D eigenvalue weighted by Crippen LogP contribution is -2.46. The molecule has 6 rings (SSSR count). The number of piperidine rings is 1. The van der Waals surface area contributed by atoms with E-state index in [1.807, 2.05) is 95.8 Å². The fraction of sp³-hybridized carbons (Fsp3) is 0.459. The lowest BCUT2D eigenvalue weighted by molar-refractivity contribution is 0.00578. The van der Waals surface area contributed by atoms with Gasteiger partial charge in [-0.15, -0.1) is 0 Å². The molecule has 3 heterocycles. The molecule has 0 unspecified atom stereocenters. The lowest BCUT2D eigenvalue weighted by atomic mass is 9.74. The summed E-state index contributed by atoms with van der Waals surface area (Å²) in [5.74, 6) is 0.403. The fourth-order valence-corrected chi connectivity index (χ4v) is 6.47. The van der Waals surface area contributed by atoms with Crippen molar-refractivity contribution in [1.29, 1.82) is 0 Å². The number of rotatable bonds is 5. The second kappa shape index (κ2) is 12.0. The summed E-state index contributed by atoms with van der Waals surface area (Å²) in [6.07, 6.45) is 1.06. The number of carbonyl (C=O) groups is 2. The number of benzene rings is 3. The molecule has 8 nitrogen and oxygen atoms in total. The Balaban J connectivity index is 1.13. The van der Waals surface area contributed by atoms with Crippen LogP contribution in [-0.2, 0) is 26.0 Å². The van der Waals surface area contributed by atoms with Gasteiger partial charge in [0.05, 0.1) is 17.8 Å². The van der Waals surface area contributed by atoms with E-state index >= 15 is 0 Å². The van der Waals surface area contributed by atoms with Crippen LogP contribution in [0.5, 0.6) is 5.75 Å². The summed E-state index contributed by atoms with van der Waals surface area (Å²) in [5, 5.41) is 2.83. The number of ether oxygens (including phenoxy) is 2. The Morgan fingerprint density at radius 2 is 1.64 bits per heavy atom. The molecule has 2 fully saturated rings. The molecule has 1 N–H and O–H groups in total. The van der Waals surface area contributed by atoms with Crippen LogP contribution in [-0.4, -0.2) is 60.5 Å². The van der Waals surface area contributed by atoms with Crippen molar-refractivity contribution < 1.29 is 32.8 Å². The maximum Gasteiger partial charge on any atom is 0.494 e. The highest BCUT2D eigenvalue weighted by atomic mass is 19.1. The summed E-state index contributed by atoms with van der Waals surface area (Å²) < 4.78 is 38.7. The van der Waals surface area contributed by atoms with E-state index in [0.717, 1.165) is 35.3 Å². The first-order chi connectivity index (χ1) is 22.0. The molecular weight excluding hydrogens is 598 g/mol. The number of hydrogen-bond donors (Lipinski definition) is 1. The third kappa shape index (κ3) is 6.76. The molecule has 0 atom stereocenters. The zero-order valence-electron chi connectivity index (χ0n) is 28.4. The first kappa shape index (κ1) is 33.0. The Labute approximate surface area is 277 Å². The van der Waals surface area contributed by atoms with Gasteiger partial charge in [0.1, 0.15) is 17.2 Å². The molecule has 3 aliphatic rings. The van der Waals surface area contributed by atoms with Gasteiger partial charge in [-0.1, -0.05) is 24.3 Å². The average molecular weight is 643 g/mol. The minimum atomic E-state index is -0.693. The SMILES string of the molecule is CC(C)(C)OC(=O)NCc1ccc2c(c1)C1(CCN(C(=O)c3cccc(-c4cc(F)cc(B5OC(C)(C)C(C)(C)O5)c4)c3)CC1)CO2. The minimum Gasteiger partial charge on any atom is -0.492 e. The van der Waals surface area contributed by atoms with Gasteiger partial charge in [0.25, 0.3) is 5.91 Å². The number of alkyl carbamates (subject to hydrolysis) is 1. The quantitative estimate of drug-likeness (QED) is 0.325. The van der Waals surface area contributed by atoms with Gasteiger partial charge in [0, 0.05) is 36.2 Å². The zero-order chi connectivity index (χ0) is 33.8. The van der Waals surface area contributed by atoms with Gasteiger partial charge in [0.2, 0.25) is 0 Å². The van der Waals surface area contributed by atoms with Crippen molar-refractivity contribution in [1.82, 2.24) is 10.2 Å². The molecule has 3 aromatic carbocycles. The molecular formula is C37H44BFN2O6. The van der Waals surface area contributed by atoms with Gasteiger partial charge in [0.15, 0.2) is 0 Å². The summed E-state index contributed by atoms with van der Waals surface area (Å²) in [4.78, 5) is 27.8. The number of nitrogens with zero attached hydrogens (tertiary/aromatic N) is 1. The van der Waals surface area contributed by atoms with Gasteiger partial charge in [-0.05, 0) is 120 Å². The van der Waals surface area contributed by atoms with Crippen LogP contribution in [0.25, 0.3) is 11.1 Å². The third-order valence-corrected chi connectivity index (χ3v) is 9.85. The van der Waals surface area contributed by atoms with Crippen LogP contribution in [0, 0.1) is 5.82 Å². The topological polar surface area (TPSA) is 86.3 Å². The van der Waals surface area contributed by atoms with Crippen LogP contribution in [0.3, 0.4) is 0 Å². The van der Waals surface area contributed by atoms with Gasteiger partial charge < -0.3 is 29.0 Å². The molecule has 47 heavy (non-hydrogen) atoms. The van der Waals surface area contributed by atoms with E-state index in [2.05, 4.69) is 11.4 Å². The van der Waals surface area contributed by atoms with E-state index in [1.165, 1.54) is 12.1 Å². The predicted octanol–water partition coefficient (Wildman–Crippen LogP) is 6.38. The standard InChI is InChI=1S/C37H44BFN2O6/c1-34(2,3)45-33(43)40-22-24-11-12-31-30(17-24)37(23-44-31)13-15-41(16-14-37)32(42)26-10-8-9-25(18-26)27-19-28(21-29(39)20-27)38-46-35(4,5)36(6,7)47-38/h8-12,17-21H,13-16,22-23H2,1-7H3,(H,40,43). The molecule has 3 aliphatic heterocycles. The largest absolute Gasteiger partial charge is 0.494 e. The van der Waals surface area contributed by atoms with E-state index < -0.39 is 35.8 Å². The minimum absolute atomic E-state index is 0.0567. The Kier molecular flexibility index (Phi) is 8.41. The van der Waals surface area contributed by atoms with Crippen LogP contribution in [0.1, 0.15) is 82.8 Å².